The molecule has 0 amide bonds. The van der Waals surface area contributed by atoms with Gasteiger partial charge in [-0.15, -0.1) is 0 Å². The molecule has 2 aromatic carbocycles. The van der Waals surface area contributed by atoms with Crippen molar-refractivity contribution >= 4 is 0 Å². The molecule has 1 aliphatic rings. The molecule has 3 nitrogen and oxygen atoms in total. The molecule has 1 atom stereocenters. The maximum absolute atomic E-state index is 6.02. The highest BCUT2D eigenvalue weighted by atomic mass is 16.5. The Morgan fingerprint density at radius 1 is 1.10 bits per heavy atom. The van der Waals surface area contributed by atoms with Gasteiger partial charge in [0.25, 0.3) is 0 Å². The summed E-state index contributed by atoms with van der Waals surface area (Å²) >= 11 is 0. The molecule has 0 spiro atoms. The van der Waals surface area contributed by atoms with E-state index in [2.05, 4.69) is 42.6 Å². The van der Waals surface area contributed by atoms with Gasteiger partial charge < -0.3 is 14.8 Å². The van der Waals surface area contributed by atoms with Gasteiger partial charge in [-0.2, -0.15) is 0 Å². The van der Waals surface area contributed by atoms with E-state index in [0.29, 0.717) is 6.61 Å². The molecule has 1 heterocycles. The monoisotopic (exact) mass is 283 g/mol. The summed E-state index contributed by atoms with van der Waals surface area (Å²) in [6.07, 6.45) is 0.128. The summed E-state index contributed by atoms with van der Waals surface area (Å²) in [5, 5.41) is 3.32. The molecule has 0 aliphatic carbocycles. The second-order valence-corrected chi connectivity index (χ2v) is 5.32. The minimum Gasteiger partial charge on any atom is -0.490 e. The van der Waals surface area contributed by atoms with Gasteiger partial charge in [0, 0.05) is 18.7 Å². The summed E-state index contributed by atoms with van der Waals surface area (Å²) in [4.78, 5) is 0. The van der Waals surface area contributed by atoms with Crippen molar-refractivity contribution in [3.8, 4) is 16.9 Å². The van der Waals surface area contributed by atoms with Crippen LogP contribution in [0.2, 0.25) is 0 Å². The van der Waals surface area contributed by atoms with Crippen LogP contribution >= 0.6 is 0 Å². The highest BCUT2D eigenvalue weighted by Crippen LogP contribution is 2.32. The Morgan fingerprint density at radius 3 is 2.62 bits per heavy atom. The van der Waals surface area contributed by atoms with E-state index in [1.54, 1.807) is 0 Å². The van der Waals surface area contributed by atoms with Crippen LogP contribution in [0.25, 0.3) is 11.1 Å². The van der Waals surface area contributed by atoms with Crippen molar-refractivity contribution < 1.29 is 9.47 Å². The van der Waals surface area contributed by atoms with Crippen LogP contribution < -0.4 is 10.1 Å². The van der Waals surface area contributed by atoms with Crippen molar-refractivity contribution in [3.05, 3.63) is 54.1 Å². The third kappa shape index (κ3) is 3.43. The van der Waals surface area contributed by atoms with Crippen LogP contribution in [0.5, 0.6) is 5.75 Å². The van der Waals surface area contributed by atoms with Gasteiger partial charge in [0.2, 0.25) is 0 Å². The van der Waals surface area contributed by atoms with Gasteiger partial charge in [-0.3, -0.25) is 0 Å². The highest BCUT2D eigenvalue weighted by Gasteiger charge is 2.15. The molecule has 21 heavy (non-hydrogen) atoms. The lowest BCUT2D eigenvalue weighted by Crippen LogP contribution is -2.41. The predicted octanol–water partition coefficient (Wildman–Crippen LogP) is 3.03. The zero-order valence-electron chi connectivity index (χ0n) is 12.3. The lowest BCUT2D eigenvalue weighted by atomic mass is 10.00. The molecule has 2 aromatic rings. The van der Waals surface area contributed by atoms with Crippen LogP contribution in [-0.2, 0) is 4.74 Å². The molecule has 1 N–H and O–H groups in total. The Kier molecular flexibility index (Phi) is 4.53. The minimum absolute atomic E-state index is 0.128. The van der Waals surface area contributed by atoms with Crippen LogP contribution in [0.3, 0.4) is 0 Å². The molecule has 1 fully saturated rings. The summed E-state index contributed by atoms with van der Waals surface area (Å²) in [6, 6.07) is 16.6. The number of aryl methyl sites for hydroxylation is 1. The SMILES string of the molecule is Cc1ccccc1-c1ccccc1OCC1CNCCO1. The van der Waals surface area contributed by atoms with E-state index in [4.69, 9.17) is 9.47 Å². The first-order valence-corrected chi connectivity index (χ1v) is 7.45. The van der Waals surface area contributed by atoms with E-state index in [1.807, 2.05) is 18.2 Å². The van der Waals surface area contributed by atoms with Gasteiger partial charge >= 0.3 is 0 Å². The Bertz CT molecular complexity index is 591. The number of nitrogens with one attached hydrogen (secondary N) is 1. The number of benzene rings is 2. The topological polar surface area (TPSA) is 30.5 Å². The normalized spacial score (nSPS) is 18.4. The molecule has 0 radical (unpaired) electrons. The average Bonchev–Trinajstić information content (AvgIpc) is 2.55. The summed E-state index contributed by atoms with van der Waals surface area (Å²) in [6.45, 7) is 5.24. The third-order valence-corrected chi connectivity index (χ3v) is 3.75. The standard InChI is InChI=1S/C18H21NO2/c1-14-6-2-3-7-16(14)17-8-4-5-9-18(17)21-13-15-12-19-10-11-20-15/h2-9,15,19H,10-13H2,1H3. The first kappa shape index (κ1) is 14.1. The van der Waals surface area contributed by atoms with Crippen LogP contribution in [0.15, 0.2) is 48.5 Å². The maximum Gasteiger partial charge on any atom is 0.127 e. The van der Waals surface area contributed by atoms with Crippen molar-refractivity contribution in [2.24, 2.45) is 0 Å². The molecule has 0 saturated carbocycles. The van der Waals surface area contributed by atoms with Gasteiger partial charge in [-0.1, -0.05) is 42.5 Å². The van der Waals surface area contributed by atoms with Crippen molar-refractivity contribution in [2.45, 2.75) is 13.0 Å². The number of hydrogen-bond acceptors (Lipinski definition) is 3. The minimum atomic E-state index is 0.128. The predicted molar refractivity (Wildman–Crippen MR) is 84.7 cm³/mol. The fourth-order valence-corrected chi connectivity index (χ4v) is 2.60. The lowest BCUT2D eigenvalue weighted by Gasteiger charge is -2.24. The van der Waals surface area contributed by atoms with Crippen molar-refractivity contribution in [2.75, 3.05) is 26.3 Å². The first-order chi connectivity index (χ1) is 10.3. The smallest absolute Gasteiger partial charge is 0.127 e. The van der Waals surface area contributed by atoms with Crippen molar-refractivity contribution in [3.63, 3.8) is 0 Å². The number of morpholine rings is 1. The molecule has 0 aromatic heterocycles. The number of ether oxygens (including phenoxy) is 2. The fourth-order valence-electron chi connectivity index (χ4n) is 2.60. The quantitative estimate of drug-likeness (QED) is 0.935. The second-order valence-electron chi connectivity index (χ2n) is 5.32. The fraction of sp³-hybridized carbons (Fsp3) is 0.333. The Hall–Kier alpha value is -1.84. The molecular formula is C18H21NO2. The van der Waals surface area contributed by atoms with Gasteiger partial charge in [0.05, 0.1) is 6.61 Å². The highest BCUT2D eigenvalue weighted by molar-refractivity contribution is 5.73. The summed E-state index contributed by atoms with van der Waals surface area (Å²) in [5.41, 5.74) is 3.61. The Labute approximate surface area is 125 Å². The molecule has 1 aliphatic heterocycles. The number of para-hydroxylation sites is 1. The van der Waals surface area contributed by atoms with Crippen LogP contribution in [0, 0.1) is 6.92 Å². The zero-order chi connectivity index (χ0) is 14.5. The van der Waals surface area contributed by atoms with E-state index in [-0.39, 0.29) is 6.10 Å². The van der Waals surface area contributed by atoms with E-state index in [1.165, 1.54) is 11.1 Å². The molecule has 1 saturated heterocycles. The Balaban J connectivity index is 1.78. The second kappa shape index (κ2) is 6.74. The molecular weight excluding hydrogens is 262 g/mol. The van der Waals surface area contributed by atoms with Gasteiger partial charge in [-0.05, 0) is 24.1 Å². The molecule has 0 bridgehead atoms. The van der Waals surface area contributed by atoms with Crippen LogP contribution in [0.4, 0.5) is 0 Å². The largest absolute Gasteiger partial charge is 0.490 e. The Morgan fingerprint density at radius 2 is 1.86 bits per heavy atom. The molecule has 3 heteroatoms. The van der Waals surface area contributed by atoms with E-state index >= 15 is 0 Å². The molecule has 1 unspecified atom stereocenters. The third-order valence-electron chi connectivity index (χ3n) is 3.75. The average molecular weight is 283 g/mol. The van der Waals surface area contributed by atoms with Crippen LogP contribution in [-0.4, -0.2) is 32.4 Å². The molecule has 110 valence electrons. The summed E-state index contributed by atoms with van der Waals surface area (Å²) in [5.74, 6) is 0.918. The van der Waals surface area contributed by atoms with E-state index < -0.39 is 0 Å². The van der Waals surface area contributed by atoms with Gasteiger partial charge in [-0.25, -0.2) is 0 Å². The van der Waals surface area contributed by atoms with Crippen molar-refractivity contribution in [1.82, 2.24) is 5.32 Å². The van der Waals surface area contributed by atoms with E-state index in [9.17, 15) is 0 Å². The molecule has 3 rings (SSSR count). The zero-order valence-corrected chi connectivity index (χ0v) is 12.3. The van der Waals surface area contributed by atoms with E-state index in [0.717, 1.165) is 31.0 Å². The van der Waals surface area contributed by atoms with Gasteiger partial charge in [0.1, 0.15) is 18.5 Å². The first-order valence-electron chi connectivity index (χ1n) is 7.45. The summed E-state index contributed by atoms with van der Waals surface area (Å²) in [7, 11) is 0. The lowest BCUT2D eigenvalue weighted by molar-refractivity contribution is 0.000316. The maximum atomic E-state index is 6.02. The van der Waals surface area contributed by atoms with Crippen LogP contribution in [0.1, 0.15) is 5.56 Å². The summed E-state index contributed by atoms with van der Waals surface area (Å²) < 4.78 is 11.7. The van der Waals surface area contributed by atoms with Crippen molar-refractivity contribution in [1.29, 1.82) is 0 Å². The number of hydrogen-bond donors (Lipinski definition) is 1. The number of rotatable bonds is 4. The van der Waals surface area contributed by atoms with Gasteiger partial charge in [0.15, 0.2) is 0 Å².